The molecule has 2 aromatic rings. The normalized spacial score (nSPS) is 11.2. The average Bonchev–Trinajstić information content (AvgIpc) is 2.95. The molecule has 0 fully saturated rings. The number of benzene rings is 1. The van der Waals surface area contributed by atoms with Crippen molar-refractivity contribution in [3.63, 3.8) is 0 Å². The molecule has 0 bridgehead atoms. The summed E-state index contributed by atoms with van der Waals surface area (Å²) < 4.78 is 42.2. The van der Waals surface area contributed by atoms with Gasteiger partial charge in [0, 0.05) is 4.88 Å². The first kappa shape index (κ1) is 15.4. The van der Waals surface area contributed by atoms with E-state index in [1.165, 1.54) is 23.5 Å². The van der Waals surface area contributed by atoms with E-state index in [1.807, 2.05) is 17.5 Å². The van der Waals surface area contributed by atoms with Crippen LogP contribution in [-0.2, 0) is 17.5 Å². The van der Waals surface area contributed by atoms with Gasteiger partial charge in [0.1, 0.15) is 5.75 Å². The lowest BCUT2D eigenvalue weighted by Gasteiger charge is -2.09. The Morgan fingerprint density at radius 1 is 1.19 bits per heavy atom. The summed E-state index contributed by atoms with van der Waals surface area (Å²) in [4.78, 5) is 12.5. The van der Waals surface area contributed by atoms with Crippen molar-refractivity contribution in [2.24, 2.45) is 0 Å². The van der Waals surface area contributed by atoms with Gasteiger partial charge in [-0.15, -0.1) is 11.3 Å². The zero-order valence-corrected chi connectivity index (χ0v) is 11.6. The number of carbonyl (C=O) groups is 1. The molecule has 7 heteroatoms. The van der Waals surface area contributed by atoms with E-state index in [0.29, 0.717) is 6.54 Å². The minimum Gasteiger partial charge on any atom is -0.484 e. The van der Waals surface area contributed by atoms with Gasteiger partial charge in [-0.2, -0.15) is 13.2 Å². The van der Waals surface area contributed by atoms with Crippen LogP contribution in [0.25, 0.3) is 0 Å². The van der Waals surface area contributed by atoms with E-state index in [0.717, 1.165) is 17.0 Å². The lowest BCUT2D eigenvalue weighted by molar-refractivity contribution is -0.137. The second kappa shape index (κ2) is 6.62. The van der Waals surface area contributed by atoms with Crippen molar-refractivity contribution in [2.75, 3.05) is 6.61 Å². The Bertz CT molecular complexity index is 579. The third-order valence-corrected chi connectivity index (χ3v) is 3.47. The van der Waals surface area contributed by atoms with Gasteiger partial charge >= 0.3 is 6.18 Å². The Kier molecular flexibility index (Phi) is 4.85. The van der Waals surface area contributed by atoms with E-state index < -0.39 is 11.7 Å². The van der Waals surface area contributed by atoms with E-state index in [9.17, 15) is 18.0 Å². The van der Waals surface area contributed by atoms with Gasteiger partial charge in [0.2, 0.25) is 0 Å². The zero-order valence-electron chi connectivity index (χ0n) is 10.8. The van der Waals surface area contributed by atoms with Crippen LogP contribution in [0.3, 0.4) is 0 Å². The van der Waals surface area contributed by atoms with Crippen molar-refractivity contribution < 1.29 is 22.7 Å². The molecular formula is C14H12F3NO2S. The van der Waals surface area contributed by atoms with Gasteiger partial charge in [-0.1, -0.05) is 6.07 Å². The van der Waals surface area contributed by atoms with Crippen molar-refractivity contribution in [1.29, 1.82) is 0 Å². The summed E-state index contributed by atoms with van der Waals surface area (Å²) in [6, 6.07) is 7.98. The van der Waals surface area contributed by atoms with E-state index in [1.54, 1.807) is 0 Å². The number of thiophene rings is 1. The predicted molar refractivity (Wildman–Crippen MR) is 73.1 cm³/mol. The molecule has 1 aromatic heterocycles. The summed E-state index contributed by atoms with van der Waals surface area (Å²) in [6.45, 7) is 0.170. The molecule has 0 aliphatic heterocycles. The second-order valence-electron chi connectivity index (χ2n) is 4.17. The lowest BCUT2D eigenvalue weighted by atomic mass is 10.2. The first-order chi connectivity index (χ1) is 9.95. The highest BCUT2D eigenvalue weighted by molar-refractivity contribution is 7.09. The number of amides is 1. The first-order valence-electron chi connectivity index (χ1n) is 6.04. The van der Waals surface area contributed by atoms with Gasteiger partial charge < -0.3 is 10.1 Å². The molecule has 0 atom stereocenters. The standard InChI is InChI=1S/C14H12F3NO2S/c15-14(16,17)10-3-5-11(6-4-10)20-9-13(19)18-8-12-2-1-7-21-12/h1-7H,8-9H2,(H,18,19). The average molecular weight is 315 g/mol. The maximum atomic E-state index is 12.4. The lowest BCUT2D eigenvalue weighted by Crippen LogP contribution is -2.28. The van der Waals surface area contributed by atoms with E-state index in [-0.39, 0.29) is 18.3 Å². The Morgan fingerprint density at radius 3 is 2.48 bits per heavy atom. The number of nitrogens with one attached hydrogen (secondary N) is 1. The van der Waals surface area contributed by atoms with Crippen molar-refractivity contribution in [3.8, 4) is 5.75 Å². The van der Waals surface area contributed by atoms with Crippen LogP contribution in [-0.4, -0.2) is 12.5 Å². The van der Waals surface area contributed by atoms with Crippen LogP contribution in [0.1, 0.15) is 10.4 Å². The van der Waals surface area contributed by atoms with Crippen LogP contribution in [0.4, 0.5) is 13.2 Å². The molecule has 0 aliphatic rings. The molecule has 0 saturated carbocycles. The van der Waals surface area contributed by atoms with E-state index in [4.69, 9.17) is 4.74 Å². The fourth-order valence-electron chi connectivity index (χ4n) is 1.54. The van der Waals surface area contributed by atoms with Crippen LogP contribution in [0.15, 0.2) is 41.8 Å². The highest BCUT2D eigenvalue weighted by Crippen LogP contribution is 2.30. The minimum absolute atomic E-state index is 0.217. The molecule has 21 heavy (non-hydrogen) atoms. The Hall–Kier alpha value is -2.02. The van der Waals surface area contributed by atoms with Crippen molar-refractivity contribution in [3.05, 3.63) is 52.2 Å². The number of hydrogen-bond donors (Lipinski definition) is 1. The van der Waals surface area contributed by atoms with Gasteiger partial charge in [-0.3, -0.25) is 4.79 Å². The summed E-state index contributed by atoms with van der Waals surface area (Å²) in [5.74, 6) is -0.113. The van der Waals surface area contributed by atoms with Gasteiger partial charge in [0.25, 0.3) is 5.91 Å². The number of carbonyl (C=O) groups excluding carboxylic acids is 1. The first-order valence-corrected chi connectivity index (χ1v) is 6.92. The topological polar surface area (TPSA) is 38.3 Å². The molecule has 0 radical (unpaired) electrons. The van der Waals surface area contributed by atoms with Gasteiger partial charge in [0.15, 0.2) is 6.61 Å². The van der Waals surface area contributed by atoms with Crippen LogP contribution >= 0.6 is 11.3 Å². The van der Waals surface area contributed by atoms with Gasteiger partial charge in [0.05, 0.1) is 12.1 Å². The van der Waals surface area contributed by atoms with Gasteiger partial charge in [-0.05, 0) is 35.7 Å². The third-order valence-electron chi connectivity index (χ3n) is 2.59. The Labute approximate surface area is 123 Å². The monoisotopic (exact) mass is 315 g/mol. The van der Waals surface area contributed by atoms with Crippen LogP contribution < -0.4 is 10.1 Å². The third kappa shape index (κ3) is 4.78. The second-order valence-corrected chi connectivity index (χ2v) is 5.20. The smallest absolute Gasteiger partial charge is 0.416 e. The number of alkyl halides is 3. The molecule has 0 saturated heterocycles. The van der Waals surface area contributed by atoms with Crippen molar-refractivity contribution in [1.82, 2.24) is 5.32 Å². The Morgan fingerprint density at radius 2 is 1.90 bits per heavy atom. The zero-order chi connectivity index (χ0) is 15.3. The van der Waals surface area contributed by atoms with E-state index in [2.05, 4.69) is 5.32 Å². The summed E-state index contributed by atoms with van der Waals surface area (Å²) >= 11 is 1.52. The molecule has 0 unspecified atom stereocenters. The van der Waals surface area contributed by atoms with Crippen LogP contribution in [0.2, 0.25) is 0 Å². The predicted octanol–water partition coefficient (Wildman–Crippen LogP) is 3.46. The quantitative estimate of drug-likeness (QED) is 0.917. The summed E-state index contributed by atoms with van der Waals surface area (Å²) in [5, 5.41) is 4.56. The molecule has 2 rings (SSSR count). The highest BCUT2D eigenvalue weighted by Gasteiger charge is 2.30. The summed E-state index contributed by atoms with van der Waals surface area (Å²) in [7, 11) is 0. The highest BCUT2D eigenvalue weighted by atomic mass is 32.1. The number of hydrogen-bond acceptors (Lipinski definition) is 3. The van der Waals surface area contributed by atoms with Crippen LogP contribution in [0, 0.1) is 0 Å². The SMILES string of the molecule is O=C(COc1ccc(C(F)(F)F)cc1)NCc1cccs1. The summed E-state index contributed by atoms with van der Waals surface area (Å²) in [6.07, 6.45) is -4.38. The molecule has 112 valence electrons. The molecule has 0 aliphatic carbocycles. The molecule has 3 nitrogen and oxygen atoms in total. The molecule has 1 heterocycles. The minimum atomic E-state index is -4.38. The fourth-order valence-corrected chi connectivity index (χ4v) is 2.18. The van der Waals surface area contributed by atoms with Crippen molar-refractivity contribution >= 4 is 17.2 Å². The Balaban J connectivity index is 1.78. The van der Waals surface area contributed by atoms with Gasteiger partial charge in [-0.25, -0.2) is 0 Å². The maximum Gasteiger partial charge on any atom is 0.416 e. The number of ether oxygens (including phenoxy) is 1. The van der Waals surface area contributed by atoms with E-state index >= 15 is 0 Å². The molecule has 1 aromatic carbocycles. The molecular weight excluding hydrogens is 303 g/mol. The van der Waals surface area contributed by atoms with Crippen molar-refractivity contribution in [2.45, 2.75) is 12.7 Å². The molecule has 1 N–H and O–H groups in total. The number of halogens is 3. The largest absolute Gasteiger partial charge is 0.484 e. The molecule has 0 spiro atoms. The fraction of sp³-hybridized carbons (Fsp3) is 0.214. The number of rotatable bonds is 5. The van der Waals surface area contributed by atoms with Crippen LogP contribution in [0.5, 0.6) is 5.75 Å². The maximum absolute atomic E-state index is 12.4. The summed E-state index contributed by atoms with van der Waals surface area (Å²) in [5.41, 5.74) is -0.753. The molecule has 1 amide bonds.